The van der Waals surface area contributed by atoms with Crippen LogP contribution >= 0.6 is 0 Å². The van der Waals surface area contributed by atoms with Crippen molar-refractivity contribution in [2.24, 2.45) is 0 Å². The molecule has 2 rings (SSSR count). The van der Waals surface area contributed by atoms with E-state index in [0.29, 0.717) is 15.0 Å². The Labute approximate surface area is 91.0 Å². The summed E-state index contributed by atoms with van der Waals surface area (Å²) in [6.45, 7) is 1.93. The van der Waals surface area contributed by atoms with E-state index in [1.54, 1.807) is 0 Å². The number of rotatable bonds is 2. The maximum absolute atomic E-state index is 10.1. The summed E-state index contributed by atoms with van der Waals surface area (Å²) in [5.74, 6) is 0. The van der Waals surface area contributed by atoms with Gasteiger partial charge in [-0.3, -0.25) is 0 Å². The first-order valence-electron chi connectivity index (χ1n) is 4.84. The Morgan fingerprint density at radius 2 is 2.00 bits per heavy atom. The Hall–Kier alpha value is -0.561. The monoisotopic (exact) mass is 254 g/mol. The fourth-order valence-electron chi connectivity index (χ4n) is 1.59. The van der Waals surface area contributed by atoms with E-state index in [9.17, 15) is 5.11 Å². The predicted octanol–water partition coefficient (Wildman–Crippen LogP) is 1.44. The first kappa shape index (κ1) is 9.97. The SMILES string of the molecule is CC1(O)CCC=C1[Se]c1ccccc1. The van der Waals surface area contributed by atoms with Crippen LogP contribution in [0.15, 0.2) is 40.9 Å². The third-order valence-electron chi connectivity index (χ3n) is 2.46. The van der Waals surface area contributed by atoms with Gasteiger partial charge < -0.3 is 0 Å². The molecule has 74 valence electrons. The molecule has 1 atom stereocenters. The molecule has 0 fully saturated rings. The van der Waals surface area contributed by atoms with Crippen LogP contribution in [0.25, 0.3) is 0 Å². The number of allylic oxidation sites excluding steroid dienone is 1. The summed E-state index contributed by atoms with van der Waals surface area (Å²) in [5, 5.41) is 10.1. The summed E-state index contributed by atoms with van der Waals surface area (Å²) in [6.07, 6.45) is 4.11. The van der Waals surface area contributed by atoms with Crippen molar-refractivity contribution in [2.45, 2.75) is 25.4 Å². The van der Waals surface area contributed by atoms with Crippen LogP contribution in [0.1, 0.15) is 19.8 Å². The van der Waals surface area contributed by atoms with Crippen LogP contribution in [0.4, 0.5) is 0 Å². The molecule has 0 heterocycles. The summed E-state index contributed by atoms with van der Waals surface area (Å²) < 4.78 is 2.57. The summed E-state index contributed by atoms with van der Waals surface area (Å²) >= 11 is 0.293. The summed E-state index contributed by atoms with van der Waals surface area (Å²) in [5.41, 5.74) is -0.546. The quantitative estimate of drug-likeness (QED) is 0.791. The van der Waals surface area contributed by atoms with E-state index in [1.807, 2.05) is 13.0 Å². The summed E-state index contributed by atoms with van der Waals surface area (Å²) in [4.78, 5) is 0. The minimum atomic E-state index is -0.546. The minimum absolute atomic E-state index is 0.293. The molecule has 1 unspecified atom stereocenters. The van der Waals surface area contributed by atoms with Crippen molar-refractivity contribution in [1.82, 2.24) is 0 Å². The van der Waals surface area contributed by atoms with Crippen LogP contribution in [0, 0.1) is 0 Å². The van der Waals surface area contributed by atoms with Gasteiger partial charge in [0.15, 0.2) is 0 Å². The first-order chi connectivity index (χ1) is 6.68. The van der Waals surface area contributed by atoms with Crippen LogP contribution in [0.2, 0.25) is 0 Å². The van der Waals surface area contributed by atoms with Crippen molar-refractivity contribution >= 4 is 19.4 Å². The number of benzene rings is 1. The molecule has 1 nitrogen and oxygen atoms in total. The van der Waals surface area contributed by atoms with Crippen LogP contribution in [0.5, 0.6) is 0 Å². The molecule has 1 aromatic carbocycles. The first-order valence-corrected chi connectivity index (χ1v) is 6.56. The molecule has 0 amide bonds. The average molecular weight is 253 g/mol. The van der Waals surface area contributed by atoms with Crippen molar-refractivity contribution < 1.29 is 5.11 Å². The molecule has 0 aliphatic heterocycles. The second-order valence-corrected chi connectivity index (χ2v) is 6.14. The van der Waals surface area contributed by atoms with Gasteiger partial charge in [-0.05, 0) is 0 Å². The zero-order valence-electron chi connectivity index (χ0n) is 8.23. The van der Waals surface area contributed by atoms with Gasteiger partial charge in [0.25, 0.3) is 0 Å². The zero-order chi connectivity index (χ0) is 10.0. The topological polar surface area (TPSA) is 20.2 Å². The van der Waals surface area contributed by atoms with E-state index in [0.717, 1.165) is 12.8 Å². The van der Waals surface area contributed by atoms with Gasteiger partial charge in [-0.2, -0.15) is 0 Å². The van der Waals surface area contributed by atoms with E-state index in [1.165, 1.54) is 8.93 Å². The Morgan fingerprint density at radius 3 is 2.57 bits per heavy atom. The van der Waals surface area contributed by atoms with Crippen molar-refractivity contribution in [3.8, 4) is 0 Å². The van der Waals surface area contributed by atoms with Crippen LogP contribution in [0.3, 0.4) is 0 Å². The van der Waals surface area contributed by atoms with Gasteiger partial charge in [-0.25, -0.2) is 0 Å². The van der Waals surface area contributed by atoms with Gasteiger partial charge in [0.05, 0.1) is 0 Å². The Bertz CT molecular complexity index is 341. The molecule has 0 spiro atoms. The van der Waals surface area contributed by atoms with E-state index in [4.69, 9.17) is 0 Å². The second-order valence-electron chi connectivity index (χ2n) is 3.80. The molecule has 1 aromatic rings. The zero-order valence-corrected chi connectivity index (χ0v) is 9.95. The van der Waals surface area contributed by atoms with Crippen molar-refractivity contribution in [1.29, 1.82) is 0 Å². The Balaban J connectivity index is 2.13. The van der Waals surface area contributed by atoms with Gasteiger partial charge in [0.2, 0.25) is 0 Å². The normalized spacial score (nSPS) is 26.3. The summed E-state index contributed by atoms with van der Waals surface area (Å²) in [7, 11) is 0. The van der Waals surface area contributed by atoms with Crippen LogP contribution < -0.4 is 4.46 Å². The van der Waals surface area contributed by atoms with Gasteiger partial charge in [0.1, 0.15) is 0 Å². The molecular weight excluding hydrogens is 239 g/mol. The van der Waals surface area contributed by atoms with Gasteiger partial charge in [-0.15, -0.1) is 0 Å². The number of aliphatic hydroxyl groups is 1. The fourth-order valence-corrected chi connectivity index (χ4v) is 3.84. The predicted molar refractivity (Wildman–Crippen MR) is 59.8 cm³/mol. The van der Waals surface area contributed by atoms with Crippen molar-refractivity contribution in [3.05, 3.63) is 40.9 Å². The van der Waals surface area contributed by atoms with E-state index in [-0.39, 0.29) is 0 Å². The molecule has 0 aromatic heterocycles. The molecule has 0 saturated heterocycles. The number of hydrogen-bond acceptors (Lipinski definition) is 1. The standard InChI is InChI=1S/C12H14OSe/c1-12(13)9-5-8-11(12)14-10-6-3-2-4-7-10/h2-4,6-8,13H,5,9H2,1H3. The van der Waals surface area contributed by atoms with E-state index < -0.39 is 5.60 Å². The van der Waals surface area contributed by atoms with Crippen LogP contribution in [-0.4, -0.2) is 25.7 Å². The van der Waals surface area contributed by atoms with Crippen molar-refractivity contribution in [2.75, 3.05) is 0 Å². The van der Waals surface area contributed by atoms with Crippen molar-refractivity contribution in [3.63, 3.8) is 0 Å². The summed E-state index contributed by atoms with van der Waals surface area (Å²) in [6, 6.07) is 10.4. The molecule has 1 N–H and O–H groups in total. The second kappa shape index (κ2) is 3.90. The molecular formula is C12H14OSe. The maximum atomic E-state index is 10.1. The number of hydrogen-bond donors (Lipinski definition) is 1. The molecule has 0 radical (unpaired) electrons. The van der Waals surface area contributed by atoms with Gasteiger partial charge in [-0.1, -0.05) is 0 Å². The fraction of sp³-hybridized carbons (Fsp3) is 0.333. The average Bonchev–Trinajstić information content (AvgIpc) is 2.48. The van der Waals surface area contributed by atoms with Crippen LogP contribution in [-0.2, 0) is 0 Å². The Morgan fingerprint density at radius 1 is 1.29 bits per heavy atom. The molecule has 0 saturated carbocycles. The van der Waals surface area contributed by atoms with Gasteiger partial charge in [0, 0.05) is 0 Å². The molecule has 0 bridgehead atoms. The van der Waals surface area contributed by atoms with E-state index in [2.05, 4.69) is 30.3 Å². The molecule has 14 heavy (non-hydrogen) atoms. The van der Waals surface area contributed by atoms with E-state index >= 15 is 0 Å². The Kier molecular flexibility index (Phi) is 2.78. The molecule has 1 aliphatic rings. The molecule has 2 heteroatoms. The van der Waals surface area contributed by atoms with Gasteiger partial charge >= 0.3 is 90.8 Å². The molecule has 1 aliphatic carbocycles. The third-order valence-corrected chi connectivity index (χ3v) is 5.26. The third kappa shape index (κ3) is 2.09.